The van der Waals surface area contributed by atoms with Gasteiger partial charge in [-0.25, -0.2) is 4.68 Å². The van der Waals surface area contributed by atoms with Gasteiger partial charge in [-0.1, -0.05) is 35.9 Å². The van der Waals surface area contributed by atoms with Crippen molar-refractivity contribution in [1.82, 2.24) is 9.78 Å². The molecule has 0 unspecified atom stereocenters. The Balaban J connectivity index is 1.84. The Morgan fingerprint density at radius 1 is 1.14 bits per heavy atom. The Bertz CT molecular complexity index is 1130. The highest BCUT2D eigenvalue weighted by atomic mass is 35.5. The van der Waals surface area contributed by atoms with Crippen molar-refractivity contribution >= 4 is 23.2 Å². The summed E-state index contributed by atoms with van der Waals surface area (Å²) in [5.74, 6) is -0.734. The van der Waals surface area contributed by atoms with Crippen molar-refractivity contribution in [3.63, 3.8) is 0 Å². The molecule has 0 saturated carbocycles. The molecule has 3 aromatic rings. The fourth-order valence-electron chi connectivity index (χ4n) is 2.69. The van der Waals surface area contributed by atoms with Crippen LogP contribution < -0.4 is 10.9 Å². The molecule has 2 aromatic carbocycles. The molecule has 1 aromatic heterocycles. The summed E-state index contributed by atoms with van der Waals surface area (Å²) in [6, 6.07) is 12.8. The number of rotatable bonds is 4. The lowest BCUT2D eigenvalue weighted by atomic mass is 10.1. The Labute approximate surface area is 168 Å². The number of amides is 1. The summed E-state index contributed by atoms with van der Waals surface area (Å²) < 4.78 is 39.5. The smallest absolute Gasteiger partial charge is 0.323 e. The van der Waals surface area contributed by atoms with Crippen molar-refractivity contribution in [3.8, 4) is 11.3 Å². The van der Waals surface area contributed by atoms with Crippen molar-refractivity contribution in [3.05, 3.63) is 81.1 Å². The van der Waals surface area contributed by atoms with E-state index >= 15 is 0 Å². The van der Waals surface area contributed by atoms with Crippen LogP contribution in [0.4, 0.5) is 18.9 Å². The molecular weight excluding hydrogens is 407 g/mol. The molecule has 29 heavy (non-hydrogen) atoms. The first kappa shape index (κ1) is 20.6. The van der Waals surface area contributed by atoms with Crippen LogP contribution in [0.3, 0.4) is 0 Å². The molecule has 0 saturated heterocycles. The van der Waals surface area contributed by atoms with Crippen molar-refractivity contribution < 1.29 is 18.0 Å². The van der Waals surface area contributed by atoms with E-state index in [4.69, 9.17) is 11.6 Å². The highest BCUT2D eigenvalue weighted by Gasteiger charge is 2.31. The maximum atomic E-state index is 12.9. The Morgan fingerprint density at radius 2 is 1.86 bits per heavy atom. The Morgan fingerprint density at radius 3 is 2.55 bits per heavy atom. The van der Waals surface area contributed by atoms with Crippen molar-refractivity contribution in [1.29, 1.82) is 0 Å². The molecular formula is C20H15ClF3N3O2. The van der Waals surface area contributed by atoms with Crippen LogP contribution in [0.1, 0.15) is 11.1 Å². The van der Waals surface area contributed by atoms with Crippen LogP contribution in [0.2, 0.25) is 5.02 Å². The van der Waals surface area contributed by atoms with Crippen LogP contribution in [-0.2, 0) is 17.5 Å². The summed E-state index contributed by atoms with van der Waals surface area (Å²) in [7, 11) is 0. The maximum Gasteiger partial charge on any atom is 0.416 e. The predicted octanol–water partition coefficient (Wildman–Crippen LogP) is 4.53. The van der Waals surface area contributed by atoms with E-state index in [0.29, 0.717) is 5.69 Å². The molecule has 9 heteroatoms. The van der Waals surface area contributed by atoms with Crippen molar-refractivity contribution in [2.75, 3.05) is 5.32 Å². The molecule has 0 radical (unpaired) electrons. The number of anilines is 1. The molecule has 5 nitrogen and oxygen atoms in total. The molecule has 0 spiro atoms. The Kier molecular flexibility index (Phi) is 5.74. The number of aryl methyl sites for hydroxylation is 1. The topological polar surface area (TPSA) is 64.0 Å². The largest absolute Gasteiger partial charge is 0.416 e. The first-order valence-electron chi connectivity index (χ1n) is 8.46. The third-order valence-electron chi connectivity index (χ3n) is 4.15. The summed E-state index contributed by atoms with van der Waals surface area (Å²) in [6.45, 7) is 1.40. The van der Waals surface area contributed by atoms with Crippen molar-refractivity contribution in [2.24, 2.45) is 0 Å². The summed E-state index contributed by atoms with van der Waals surface area (Å²) in [4.78, 5) is 24.4. The van der Waals surface area contributed by atoms with Crippen LogP contribution in [0.15, 0.2) is 59.4 Å². The van der Waals surface area contributed by atoms with Gasteiger partial charge < -0.3 is 5.32 Å². The van der Waals surface area contributed by atoms with E-state index in [1.807, 2.05) is 31.2 Å². The van der Waals surface area contributed by atoms with Gasteiger partial charge in [-0.2, -0.15) is 18.3 Å². The Hall–Kier alpha value is -3.13. The monoisotopic (exact) mass is 421 g/mol. The molecule has 0 aliphatic carbocycles. The van der Waals surface area contributed by atoms with E-state index in [-0.39, 0.29) is 10.7 Å². The van der Waals surface area contributed by atoms with Gasteiger partial charge in [0, 0.05) is 11.6 Å². The van der Waals surface area contributed by atoms with Crippen LogP contribution in [-0.4, -0.2) is 15.7 Å². The van der Waals surface area contributed by atoms with E-state index < -0.39 is 29.8 Å². The fourth-order valence-corrected chi connectivity index (χ4v) is 2.85. The number of carbonyl (C=O) groups is 1. The van der Waals surface area contributed by atoms with Gasteiger partial charge in [-0.05, 0) is 36.8 Å². The average molecular weight is 422 g/mol. The van der Waals surface area contributed by atoms with E-state index in [2.05, 4.69) is 10.4 Å². The SMILES string of the molecule is Cc1ccccc1-c1ccc(=O)n(CC(=O)Nc2cc(C(F)(F)F)ccc2Cl)n1. The molecule has 1 amide bonds. The molecule has 0 bridgehead atoms. The van der Waals surface area contributed by atoms with Crippen LogP contribution in [0.25, 0.3) is 11.3 Å². The molecule has 1 heterocycles. The zero-order valence-electron chi connectivity index (χ0n) is 15.1. The lowest BCUT2D eigenvalue weighted by Gasteiger charge is -2.12. The highest BCUT2D eigenvalue weighted by Crippen LogP contribution is 2.33. The molecule has 0 fully saturated rings. The van der Waals surface area contributed by atoms with E-state index in [0.717, 1.165) is 34.0 Å². The zero-order chi connectivity index (χ0) is 21.2. The number of alkyl halides is 3. The third kappa shape index (κ3) is 4.83. The summed E-state index contributed by atoms with van der Waals surface area (Å²) in [5, 5.41) is 6.44. The second-order valence-electron chi connectivity index (χ2n) is 6.27. The first-order chi connectivity index (χ1) is 13.6. The van der Waals surface area contributed by atoms with Gasteiger partial charge in [0.15, 0.2) is 0 Å². The molecule has 150 valence electrons. The number of benzene rings is 2. The van der Waals surface area contributed by atoms with Gasteiger partial charge in [0.25, 0.3) is 5.56 Å². The standard InChI is InChI=1S/C20H15ClF3N3O2/c1-12-4-2-3-5-14(12)16-8-9-19(29)27(26-16)11-18(28)25-17-10-13(20(22,23)24)6-7-15(17)21/h2-10H,11H2,1H3,(H,25,28). The number of nitrogens with one attached hydrogen (secondary N) is 1. The number of nitrogens with zero attached hydrogens (tertiary/aromatic N) is 2. The minimum Gasteiger partial charge on any atom is -0.323 e. The van der Waals surface area contributed by atoms with Crippen molar-refractivity contribution in [2.45, 2.75) is 19.6 Å². The predicted molar refractivity (Wildman–Crippen MR) is 104 cm³/mol. The second kappa shape index (κ2) is 8.08. The summed E-state index contributed by atoms with van der Waals surface area (Å²) in [6.07, 6.45) is -4.58. The maximum absolute atomic E-state index is 12.9. The number of aromatic nitrogens is 2. The van der Waals surface area contributed by atoms with Gasteiger partial charge in [-0.3, -0.25) is 9.59 Å². The highest BCUT2D eigenvalue weighted by molar-refractivity contribution is 6.33. The number of carbonyl (C=O) groups excluding carboxylic acids is 1. The second-order valence-corrected chi connectivity index (χ2v) is 6.68. The van der Waals surface area contributed by atoms with Crippen LogP contribution in [0.5, 0.6) is 0 Å². The number of halogens is 4. The molecule has 0 atom stereocenters. The van der Waals surface area contributed by atoms with Gasteiger partial charge in [-0.15, -0.1) is 0 Å². The number of hydrogen-bond acceptors (Lipinski definition) is 3. The summed E-state index contributed by atoms with van der Waals surface area (Å²) in [5.41, 5.74) is 0.553. The fraction of sp³-hybridized carbons (Fsp3) is 0.150. The van der Waals surface area contributed by atoms with E-state index in [1.165, 1.54) is 6.07 Å². The first-order valence-corrected chi connectivity index (χ1v) is 8.84. The van der Waals surface area contributed by atoms with E-state index in [1.54, 1.807) is 6.07 Å². The van der Waals surface area contributed by atoms with Gasteiger partial charge in [0.1, 0.15) is 6.54 Å². The third-order valence-corrected chi connectivity index (χ3v) is 4.48. The minimum absolute atomic E-state index is 0.0553. The van der Waals surface area contributed by atoms with Gasteiger partial charge in [0.2, 0.25) is 5.91 Å². The quantitative estimate of drug-likeness (QED) is 0.673. The normalized spacial score (nSPS) is 11.3. The average Bonchev–Trinajstić information content (AvgIpc) is 2.65. The van der Waals surface area contributed by atoms with Crippen LogP contribution in [0, 0.1) is 6.92 Å². The minimum atomic E-state index is -4.58. The lowest BCUT2D eigenvalue weighted by molar-refractivity contribution is -0.137. The van der Waals surface area contributed by atoms with E-state index in [9.17, 15) is 22.8 Å². The number of hydrogen-bond donors (Lipinski definition) is 1. The molecule has 0 aliphatic heterocycles. The van der Waals surface area contributed by atoms with Gasteiger partial charge >= 0.3 is 6.18 Å². The molecule has 1 N–H and O–H groups in total. The van der Waals surface area contributed by atoms with Crippen LogP contribution >= 0.6 is 11.6 Å². The van der Waals surface area contributed by atoms with Gasteiger partial charge in [0.05, 0.1) is 22.0 Å². The zero-order valence-corrected chi connectivity index (χ0v) is 15.9. The lowest BCUT2D eigenvalue weighted by Crippen LogP contribution is -2.29. The summed E-state index contributed by atoms with van der Waals surface area (Å²) >= 11 is 5.88. The molecule has 0 aliphatic rings. The molecule has 3 rings (SSSR count).